The van der Waals surface area contributed by atoms with E-state index >= 15 is 0 Å². The number of thiophene rings is 1. The van der Waals surface area contributed by atoms with Gasteiger partial charge in [-0.05, 0) is 84.0 Å². The summed E-state index contributed by atoms with van der Waals surface area (Å²) in [6.45, 7) is 0. The Hall–Kier alpha value is -4.34. The van der Waals surface area contributed by atoms with Gasteiger partial charge in [0.2, 0.25) is 0 Å². The number of benzene rings is 3. The maximum Gasteiger partial charge on any atom is 0.0540 e. The highest BCUT2D eigenvalue weighted by atomic mass is 32.1. The summed E-state index contributed by atoms with van der Waals surface area (Å²) < 4.78 is 3.84. The Labute approximate surface area is 238 Å². The monoisotopic (exact) mass is 534 g/mol. The van der Waals surface area contributed by atoms with Crippen LogP contribution in [-0.4, -0.2) is 4.57 Å². The van der Waals surface area contributed by atoms with Crippen LogP contribution in [-0.2, 0) is 12.8 Å². The fourth-order valence-electron chi connectivity index (χ4n) is 6.63. The lowest BCUT2D eigenvalue weighted by atomic mass is 9.90. The van der Waals surface area contributed by atoms with Gasteiger partial charge in [-0.25, -0.2) is 0 Å². The van der Waals surface area contributed by atoms with Gasteiger partial charge in [0.1, 0.15) is 0 Å². The average Bonchev–Trinajstić information content (AvgIpc) is 3.43. The molecule has 1 unspecified atom stereocenters. The van der Waals surface area contributed by atoms with Crippen molar-refractivity contribution in [3.8, 4) is 5.69 Å². The van der Waals surface area contributed by atoms with Crippen molar-refractivity contribution in [1.29, 1.82) is 0 Å². The SMILES string of the molecule is NC1=CCC(c2ccc3sc4c(c3c2)C=C(c2ccccc2-n2c3c(c5ccccc52)CCC=C3)C=CC4)C=C1. The summed E-state index contributed by atoms with van der Waals surface area (Å²) in [5.74, 6) is 0.376. The predicted molar refractivity (Wildman–Crippen MR) is 172 cm³/mol. The van der Waals surface area contributed by atoms with Crippen LogP contribution in [0.4, 0.5) is 0 Å². The van der Waals surface area contributed by atoms with Crippen LogP contribution in [0.2, 0.25) is 0 Å². The van der Waals surface area contributed by atoms with Crippen LogP contribution in [0.1, 0.15) is 51.6 Å². The molecule has 2 N–H and O–H groups in total. The third kappa shape index (κ3) is 3.76. The third-order valence-corrected chi connectivity index (χ3v) is 9.81. The first-order valence-electron chi connectivity index (χ1n) is 14.2. The van der Waals surface area contributed by atoms with Crippen molar-refractivity contribution in [1.82, 2.24) is 4.57 Å². The Balaban J connectivity index is 1.30. The largest absolute Gasteiger partial charge is 0.399 e. The molecular formula is C37H30N2S. The van der Waals surface area contributed by atoms with E-state index in [2.05, 4.69) is 114 Å². The molecular weight excluding hydrogens is 504 g/mol. The average molecular weight is 535 g/mol. The summed E-state index contributed by atoms with van der Waals surface area (Å²) in [5, 5.41) is 2.73. The number of aromatic nitrogens is 1. The van der Waals surface area contributed by atoms with E-state index in [1.807, 2.05) is 17.4 Å². The minimum atomic E-state index is 0.376. The molecule has 1 atom stereocenters. The van der Waals surface area contributed by atoms with Crippen LogP contribution in [0.5, 0.6) is 0 Å². The smallest absolute Gasteiger partial charge is 0.0540 e. The molecule has 8 rings (SSSR count). The van der Waals surface area contributed by atoms with Crippen LogP contribution >= 0.6 is 11.3 Å². The van der Waals surface area contributed by atoms with E-state index in [9.17, 15) is 0 Å². The molecule has 0 bridgehead atoms. The second-order valence-electron chi connectivity index (χ2n) is 11.0. The molecule has 0 spiro atoms. The topological polar surface area (TPSA) is 30.9 Å². The molecule has 40 heavy (non-hydrogen) atoms. The van der Waals surface area contributed by atoms with Gasteiger partial charge in [0.05, 0.1) is 11.2 Å². The van der Waals surface area contributed by atoms with E-state index < -0.39 is 0 Å². The van der Waals surface area contributed by atoms with Crippen molar-refractivity contribution in [3.05, 3.63) is 142 Å². The van der Waals surface area contributed by atoms with E-state index in [-0.39, 0.29) is 0 Å². The number of rotatable bonds is 3. The molecule has 0 amide bonds. The highest BCUT2D eigenvalue weighted by molar-refractivity contribution is 7.19. The molecule has 2 heterocycles. The zero-order valence-electron chi connectivity index (χ0n) is 22.3. The van der Waals surface area contributed by atoms with Crippen molar-refractivity contribution in [3.63, 3.8) is 0 Å². The first kappa shape index (κ1) is 23.5. The van der Waals surface area contributed by atoms with Crippen molar-refractivity contribution in [2.75, 3.05) is 0 Å². The molecule has 2 nitrogen and oxygen atoms in total. The molecule has 0 saturated carbocycles. The minimum absolute atomic E-state index is 0.376. The van der Waals surface area contributed by atoms with Crippen LogP contribution in [0, 0.1) is 0 Å². The van der Waals surface area contributed by atoms with Gasteiger partial charge in [0.25, 0.3) is 0 Å². The standard InChI is InChI=1S/C37H30N2S/c38-27-19-16-24(17-20-27)25-18-21-37-31(22-25)32-23-26(8-7-15-36(32)40-37)28-9-1-4-12-33(28)39-34-13-5-2-10-29(34)30-11-3-6-14-35(30)39/h1-2,4-10,12-14,16,18-24H,3,11,15,17,38H2. The number of hydrogen-bond acceptors (Lipinski definition) is 2. The lowest BCUT2D eigenvalue weighted by Crippen LogP contribution is -2.03. The maximum atomic E-state index is 6.00. The molecule has 0 fully saturated rings. The van der Waals surface area contributed by atoms with Gasteiger partial charge in [-0.15, -0.1) is 11.3 Å². The van der Waals surface area contributed by atoms with Crippen LogP contribution in [0.15, 0.2) is 109 Å². The molecule has 194 valence electrons. The van der Waals surface area contributed by atoms with E-state index in [1.54, 1.807) is 0 Å². The number of nitrogens with zero attached hydrogens (tertiary/aromatic N) is 1. The maximum absolute atomic E-state index is 6.00. The van der Waals surface area contributed by atoms with Gasteiger partial charge in [-0.1, -0.05) is 72.8 Å². The molecule has 0 saturated heterocycles. The zero-order chi connectivity index (χ0) is 26.6. The molecule has 0 aliphatic heterocycles. The summed E-state index contributed by atoms with van der Waals surface area (Å²) >= 11 is 1.93. The third-order valence-electron chi connectivity index (χ3n) is 8.60. The van der Waals surface area contributed by atoms with E-state index in [0.29, 0.717) is 5.92 Å². The number of allylic oxidation sites excluding steroid dienone is 7. The first-order valence-corrected chi connectivity index (χ1v) is 15.0. The van der Waals surface area contributed by atoms with Gasteiger partial charge in [0, 0.05) is 49.6 Å². The van der Waals surface area contributed by atoms with Crippen molar-refractivity contribution < 1.29 is 0 Å². The number of nitrogens with two attached hydrogens (primary N) is 1. The van der Waals surface area contributed by atoms with E-state index in [0.717, 1.165) is 31.4 Å². The normalized spacial score (nSPS) is 17.9. The second kappa shape index (κ2) is 9.39. The van der Waals surface area contributed by atoms with Gasteiger partial charge in [-0.2, -0.15) is 0 Å². The molecule has 3 heteroatoms. The summed E-state index contributed by atoms with van der Waals surface area (Å²) in [7, 11) is 0. The fourth-order valence-corrected chi connectivity index (χ4v) is 7.77. The Bertz CT molecular complexity index is 1970. The number of para-hydroxylation sites is 2. The van der Waals surface area contributed by atoms with Gasteiger partial charge in [0.15, 0.2) is 0 Å². The van der Waals surface area contributed by atoms with Gasteiger partial charge < -0.3 is 10.3 Å². The molecule has 5 aromatic rings. The van der Waals surface area contributed by atoms with Crippen molar-refractivity contribution >= 4 is 50.1 Å². The Morgan fingerprint density at radius 1 is 0.875 bits per heavy atom. The molecule has 3 aliphatic carbocycles. The summed E-state index contributed by atoms with van der Waals surface area (Å²) in [6.07, 6.45) is 22.3. The number of hydrogen-bond donors (Lipinski definition) is 1. The zero-order valence-corrected chi connectivity index (χ0v) is 23.1. The highest BCUT2D eigenvalue weighted by Gasteiger charge is 2.22. The van der Waals surface area contributed by atoms with Crippen LogP contribution < -0.4 is 5.73 Å². The minimum Gasteiger partial charge on any atom is -0.399 e. The fraction of sp³-hybridized carbons (Fsp3) is 0.135. The Kier molecular flexibility index (Phi) is 5.53. The predicted octanol–water partition coefficient (Wildman–Crippen LogP) is 9.34. The molecule has 2 aromatic heterocycles. The first-order chi connectivity index (χ1) is 19.7. The summed E-state index contributed by atoms with van der Waals surface area (Å²) in [4.78, 5) is 1.44. The lowest BCUT2D eigenvalue weighted by molar-refractivity contribution is 0.844. The number of aryl methyl sites for hydroxylation is 1. The Morgan fingerprint density at radius 3 is 2.70 bits per heavy atom. The lowest BCUT2D eigenvalue weighted by Gasteiger charge is -2.17. The Morgan fingerprint density at radius 2 is 1.77 bits per heavy atom. The number of fused-ring (bicyclic) bond motifs is 6. The van der Waals surface area contributed by atoms with Gasteiger partial charge >= 0.3 is 0 Å². The van der Waals surface area contributed by atoms with Crippen LogP contribution in [0.3, 0.4) is 0 Å². The summed E-state index contributed by atoms with van der Waals surface area (Å²) in [5.41, 5.74) is 17.4. The molecule has 0 radical (unpaired) electrons. The van der Waals surface area contributed by atoms with Gasteiger partial charge in [-0.3, -0.25) is 0 Å². The van der Waals surface area contributed by atoms with E-state index in [4.69, 9.17) is 5.73 Å². The van der Waals surface area contributed by atoms with Crippen molar-refractivity contribution in [2.24, 2.45) is 5.73 Å². The van der Waals surface area contributed by atoms with E-state index in [1.165, 1.54) is 65.1 Å². The quantitative estimate of drug-likeness (QED) is 0.246. The molecule has 3 aliphatic rings. The summed E-state index contributed by atoms with van der Waals surface area (Å²) in [6, 6.07) is 24.8. The van der Waals surface area contributed by atoms with Crippen LogP contribution in [0.25, 0.3) is 44.4 Å². The van der Waals surface area contributed by atoms with Crippen molar-refractivity contribution in [2.45, 2.75) is 31.6 Å². The molecule has 3 aromatic carbocycles. The second-order valence-corrected chi connectivity index (χ2v) is 12.1. The highest BCUT2D eigenvalue weighted by Crippen LogP contribution is 2.41.